The second-order valence-electron chi connectivity index (χ2n) is 4.74. The first-order chi connectivity index (χ1) is 7.21. The Bertz CT molecular complexity index is 133. The summed E-state index contributed by atoms with van der Waals surface area (Å²) < 4.78 is 0. The zero-order valence-electron chi connectivity index (χ0n) is 11.6. The van der Waals surface area contributed by atoms with Gasteiger partial charge in [-0.25, -0.2) is 0 Å². The molecule has 0 spiro atoms. The summed E-state index contributed by atoms with van der Waals surface area (Å²) in [5.41, 5.74) is 0. The van der Waals surface area contributed by atoms with Crippen molar-refractivity contribution in [2.24, 2.45) is 5.92 Å². The summed E-state index contributed by atoms with van der Waals surface area (Å²) in [6.07, 6.45) is 8.18. The summed E-state index contributed by atoms with van der Waals surface area (Å²) in [4.78, 5) is 2.55. The highest BCUT2D eigenvalue weighted by molar-refractivity contribution is 4.76. The molecule has 0 bridgehead atoms. The Labute approximate surface area is 97.2 Å². The number of nitrogens with zero attached hydrogens (tertiary/aromatic N) is 1. The molecule has 0 aromatic rings. The minimum atomic E-state index is 0.816. The molecule has 0 N–H and O–H groups in total. The summed E-state index contributed by atoms with van der Waals surface area (Å²) in [5.74, 6) is 0.912. The van der Waals surface area contributed by atoms with Crippen LogP contribution in [-0.2, 0) is 0 Å². The second kappa shape index (κ2) is 9.21. The van der Waals surface area contributed by atoms with E-state index in [1.165, 1.54) is 45.1 Å². The maximum absolute atomic E-state index is 2.55. The number of hydrogen-bond donors (Lipinski definition) is 0. The minimum absolute atomic E-state index is 0.816. The van der Waals surface area contributed by atoms with Gasteiger partial charge < -0.3 is 4.90 Å². The van der Waals surface area contributed by atoms with Crippen molar-refractivity contribution in [3.8, 4) is 0 Å². The van der Waals surface area contributed by atoms with Gasteiger partial charge in [-0.15, -0.1) is 0 Å². The van der Waals surface area contributed by atoms with Gasteiger partial charge in [-0.2, -0.15) is 0 Å². The smallest absolute Gasteiger partial charge is 0.0120 e. The lowest BCUT2D eigenvalue weighted by atomic mass is 9.88. The SMILES string of the molecule is CCCCC(CC)C(CCC)N(C)CC. The van der Waals surface area contributed by atoms with Crippen molar-refractivity contribution >= 4 is 0 Å². The molecule has 15 heavy (non-hydrogen) atoms. The Kier molecular flexibility index (Phi) is 9.18. The van der Waals surface area contributed by atoms with E-state index in [-0.39, 0.29) is 0 Å². The maximum atomic E-state index is 2.55. The van der Waals surface area contributed by atoms with Crippen LogP contribution in [0.5, 0.6) is 0 Å². The highest BCUT2D eigenvalue weighted by Crippen LogP contribution is 2.23. The molecule has 0 aliphatic carbocycles. The van der Waals surface area contributed by atoms with Crippen LogP contribution in [0, 0.1) is 5.92 Å². The van der Waals surface area contributed by atoms with Gasteiger partial charge in [0.15, 0.2) is 0 Å². The second-order valence-corrected chi connectivity index (χ2v) is 4.74. The van der Waals surface area contributed by atoms with Crippen LogP contribution in [-0.4, -0.2) is 24.5 Å². The first-order valence-electron chi connectivity index (χ1n) is 6.91. The van der Waals surface area contributed by atoms with Gasteiger partial charge in [0.2, 0.25) is 0 Å². The number of unbranched alkanes of at least 4 members (excludes halogenated alkanes) is 1. The van der Waals surface area contributed by atoms with Crippen LogP contribution < -0.4 is 0 Å². The normalized spacial score (nSPS) is 15.6. The predicted octanol–water partition coefficient (Wildman–Crippen LogP) is 4.32. The van der Waals surface area contributed by atoms with Crippen molar-refractivity contribution in [3.63, 3.8) is 0 Å². The monoisotopic (exact) mass is 213 g/mol. The largest absolute Gasteiger partial charge is 0.303 e. The van der Waals surface area contributed by atoms with Gasteiger partial charge in [0.05, 0.1) is 0 Å². The Morgan fingerprint density at radius 2 is 1.60 bits per heavy atom. The molecule has 0 fully saturated rings. The molecule has 0 rings (SSSR count). The van der Waals surface area contributed by atoms with E-state index in [9.17, 15) is 0 Å². The zero-order valence-corrected chi connectivity index (χ0v) is 11.6. The van der Waals surface area contributed by atoms with Gasteiger partial charge >= 0.3 is 0 Å². The molecule has 92 valence electrons. The molecule has 0 aliphatic rings. The van der Waals surface area contributed by atoms with Gasteiger partial charge in [-0.05, 0) is 32.4 Å². The van der Waals surface area contributed by atoms with E-state index in [1.54, 1.807) is 0 Å². The quantitative estimate of drug-likeness (QED) is 0.551. The van der Waals surface area contributed by atoms with E-state index >= 15 is 0 Å². The maximum Gasteiger partial charge on any atom is 0.0120 e. The summed E-state index contributed by atoms with van der Waals surface area (Å²) in [6.45, 7) is 10.4. The fraction of sp³-hybridized carbons (Fsp3) is 1.00. The van der Waals surface area contributed by atoms with E-state index in [1.807, 2.05) is 0 Å². The van der Waals surface area contributed by atoms with Crippen molar-refractivity contribution in [1.82, 2.24) is 4.90 Å². The number of rotatable bonds is 9. The van der Waals surface area contributed by atoms with Crippen LogP contribution in [0.3, 0.4) is 0 Å². The molecule has 0 heterocycles. The lowest BCUT2D eigenvalue weighted by Gasteiger charge is -2.33. The van der Waals surface area contributed by atoms with Crippen molar-refractivity contribution in [2.45, 2.75) is 72.3 Å². The lowest BCUT2D eigenvalue weighted by Crippen LogP contribution is -2.37. The first-order valence-corrected chi connectivity index (χ1v) is 6.91. The third kappa shape index (κ3) is 5.55. The van der Waals surface area contributed by atoms with Crippen molar-refractivity contribution in [3.05, 3.63) is 0 Å². The fourth-order valence-corrected chi connectivity index (χ4v) is 2.48. The van der Waals surface area contributed by atoms with E-state index in [0.29, 0.717) is 0 Å². The first kappa shape index (κ1) is 15.0. The Morgan fingerprint density at radius 1 is 0.933 bits per heavy atom. The summed E-state index contributed by atoms with van der Waals surface area (Å²) in [5, 5.41) is 0. The van der Waals surface area contributed by atoms with Gasteiger partial charge in [-0.3, -0.25) is 0 Å². The molecule has 0 aliphatic heterocycles. The third-order valence-electron chi connectivity index (χ3n) is 3.65. The van der Waals surface area contributed by atoms with Crippen molar-refractivity contribution in [1.29, 1.82) is 0 Å². The standard InChI is InChI=1S/C14H31N/c1-6-10-12-13(8-3)14(11-7-2)15(5)9-4/h13-14H,6-12H2,1-5H3. The average Bonchev–Trinajstić information content (AvgIpc) is 2.27. The third-order valence-corrected chi connectivity index (χ3v) is 3.65. The molecule has 2 unspecified atom stereocenters. The molecule has 0 saturated carbocycles. The van der Waals surface area contributed by atoms with Crippen LogP contribution in [0.15, 0.2) is 0 Å². The van der Waals surface area contributed by atoms with Crippen LogP contribution in [0.4, 0.5) is 0 Å². The molecule has 0 saturated heterocycles. The van der Waals surface area contributed by atoms with Crippen LogP contribution in [0.2, 0.25) is 0 Å². The van der Waals surface area contributed by atoms with E-state index in [0.717, 1.165) is 12.0 Å². The highest BCUT2D eigenvalue weighted by Gasteiger charge is 2.21. The van der Waals surface area contributed by atoms with Gasteiger partial charge in [0.1, 0.15) is 0 Å². The van der Waals surface area contributed by atoms with E-state index in [4.69, 9.17) is 0 Å². The Balaban J connectivity index is 4.25. The van der Waals surface area contributed by atoms with Crippen molar-refractivity contribution in [2.75, 3.05) is 13.6 Å². The van der Waals surface area contributed by atoms with Gasteiger partial charge in [-0.1, -0.05) is 53.4 Å². The van der Waals surface area contributed by atoms with Crippen LogP contribution in [0.25, 0.3) is 0 Å². The Morgan fingerprint density at radius 3 is 2.00 bits per heavy atom. The van der Waals surface area contributed by atoms with Gasteiger partial charge in [0, 0.05) is 6.04 Å². The minimum Gasteiger partial charge on any atom is -0.303 e. The van der Waals surface area contributed by atoms with E-state index in [2.05, 4.69) is 39.6 Å². The molecule has 2 atom stereocenters. The molecule has 0 aromatic carbocycles. The number of hydrogen-bond acceptors (Lipinski definition) is 1. The van der Waals surface area contributed by atoms with Crippen molar-refractivity contribution < 1.29 is 0 Å². The topological polar surface area (TPSA) is 3.24 Å². The summed E-state index contributed by atoms with van der Waals surface area (Å²) in [6, 6.07) is 0.816. The average molecular weight is 213 g/mol. The van der Waals surface area contributed by atoms with E-state index < -0.39 is 0 Å². The molecule has 0 aromatic heterocycles. The molecule has 1 heteroatoms. The fourth-order valence-electron chi connectivity index (χ4n) is 2.48. The predicted molar refractivity (Wildman–Crippen MR) is 70.3 cm³/mol. The van der Waals surface area contributed by atoms with Crippen LogP contribution in [0.1, 0.15) is 66.2 Å². The summed E-state index contributed by atoms with van der Waals surface area (Å²) >= 11 is 0. The van der Waals surface area contributed by atoms with Crippen LogP contribution >= 0.6 is 0 Å². The molecular formula is C14H31N. The molecular weight excluding hydrogens is 182 g/mol. The molecule has 1 nitrogen and oxygen atoms in total. The molecule has 0 radical (unpaired) electrons. The lowest BCUT2D eigenvalue weighted by molar-refractivity contribution is 0.157. The van der Waals surface area contributed by atoms with Gasteiger partial charge in [0.25, 0.3) is 0 Å². The summed E-state index contributed by atoms with van der Waals surface area (Å²) in [7, 11) is 2.29. The zero-order chi connectivity index (χ0) is 11.7. The Hall–Kier alpha value is -0.0400. The highest BCUT2D eigenvalue weighted by atomic mass is 15.1. The molecule has 0 amide bonds.